The van der Waals surface area contributed by atoms with Gasteiger partial charge in [0.05, 0.1) is 42.6 Å². The molecule has 4 N–H and O–H groups in total. The van der Waals surface area contributed by atoms with Gasteiger partial charge in [-0.25, -0.2) is 0 Å². The summed E-state index contributed by atoms with van der Waals surface area (Å²) >= 11 is 37.5. The van der Waals surface area contributed by atoms with Gasteiger partial charge in [-0.15, -0.1) is 0 Å². The van der Waals surface area contributed by atoms with Crippen LogP contribution >= 0.6 is 69.6 Å². The van der Waals surface area contributed by atoms with Gasteiger partial charge in [-0.1, -0.05) is 95.6 Å². The molecule has 0 aliphatic rings. The number of aryl methyl sites for hydroxylation is 2. The van der Waals surface area contributed by atoms with Gasteiger partial charge in [0.1, 0.15) is 11.4 Å². The Labute approximate surface area is 397 Å². The number of halogens is 6. The van der Waals surface area contributed by atoms with Gasteiger partial charge in [-0.05, 0) is 111 Å². The molecule has 64 heavy (non-hydrogen) atoms. The van der Waals surface area contributed by atoms with E-state index in [1.165, 1.54) is 74.5 Å². The van der Waals surface area contributed by atoms with E-state index in [9.17, 15) is 28.8 Å². The van der Waals surface area contributed by atoms with Crippen molar-refractivity contribution in [1.82, 2.24) is 0 Å². The Bertz CT molecular complexity index is 2560. The summed E-state index contributed by atoms with van der Waals surface area (Å²) in [6.45, 7) is 5.96. The number of benzene rings is 5. The first-order valence-corrected chi connectivity index (χ1v) is 21.4. The Balaban J connectivity index is 1.32. The highest BCUT2D eigenvalue weighted by Gasteiger charge is 2.27. The number of anilines is 4. The molecule has 0 bridgehead atoms. The number of carbonyl (C=O) groups excluding carboxylic acids is 6. The lowest BCUT2D eigenvalue weighted by Gasteiger charge is -2.18. The minimum absolute atomic E-state index is 0.0104. The Kier molecular flexibility index (Phi) is 17.1. The SMILES string of the molecule is CCc1cc(NC(=O)C(N=Nc2cccc(C(=O)Nc3cc(Cl)ccc3Cl)c2Cl)C(C)=O)c(CC)cc1NC(=O)C(N=Nc1cccc(C(=O)Nc2cc(Cl)ccc2Cl)c1Cl)C(C)=O. The van der Waals surface area contributed by atoms with E-state index in [1.807, 2.05) is 13.8 Å². The van der Waals surface area contributed by atoms with Crippen molar-refractivity contribution in [2.75, 3.05) is 21.3 Å². The largest absolute Gasteiger partial charge is 0.323 e. The van der Waals surface area contributed by atoms with Crippen molar-refractivity contribution in [3.05, 3.63) is 137 Å². The predicted octanol–water partition coefficient (Wildman–Crippen LogP) is 12.6. The first kappa shape index (κ1) is 49.3. The number of rotatable bonds is 16. The molecule has 5 aromatic carbocycles. The van der Waals surface area contributed by atoms with Crippen LogP contribution in [0.3, 0.4) is 0 Å². The second-order valence-corrected chi connectivity index (χ2v) is 16.2. The molecule has 0 saturated carbocycles. The smallest absolute Gasteiger partial charge is 0.258 e. The maximum atomic E-state index is 13.6. The van der Waals surface area contributed by atoms with Crippen LogP contribution < -0.4 is 21.3 Å². The van der Waals surface area contributed by atoms with Crippen molar-refractivity contribution < 1.29 is 28.8 Å². The van der Waals surface area contributed by atoms with Gasteiger partial charge in [0.25, 0.3) is 23.6 Å². The molecule has 0 saturated heterocycles. The molecule has 0 fully saturated rings. The monoisotopic (exact) mass is 982 g/mol. The third kappa shape index (κ3) is 12.3. The van der Waals surface area contributed by atoms with E-state index in [4.69, 9.17) is 69.6 Å². The topological polar surface area (TPSA) is 200 Å². The average molecular weight is 986 g/mol. The Morgan fingerprint density at radius 3 is 1.22 bits per heavy atom. The van der Waals surface area contributed by atoms with E-state index in [-0.39, 0.29) is 54.0 Å². The quantitative estimate of drug-likeness (QED) is 0.0560. The average Bonchev–Trinajstić information content (AvgIpc) is 3.24. The highest BCUT2D eigenvalue weighted by atomic mass is 35.5. The standard InChI is InChI=1S/C44H36Cl6N8O6/c1-5-23-17-34(52-44(64)40(22(4)60)58-56-32-12-8-10-28(38(32)50)42(62)54-36-20-26(46)14-16-30(36)48)24(6-2)18-33(23)51-43(63)39(21(3)59)57-55-31-11-7-9-27(37(31)49)41(61)53-35-19-25(45)13-15-29(35)47/h7-20,39-40H,5-6H2,1-4H3,(H,51,63)(H,52,64)(H,53,61)(H,54,62). The normalized spacial score (nSPS) is 12.2. The highest BCUT2D eigenvalue weighted by molar-refractivity contribution is 6.39. The Hall–Kier alpha value is -5.74. The molecule has 5 rings (SSSR count). The lowest BCUT2D eigenvalue weighted by atomic mass is 10.0. The van der Waals surface area contributed by atoms with E-state index < -0.39 is 47.3 Å². The summed E-state index contributed by atoms with van der Waals surface area (Å²) in [6, 6.07) is 17.9. The Morgan fingerprint density at radius 1 is 0.500 bits per heavy atom. The van der Waals surface area contributed by atoms with Gasteiger partial charge >= 0.3 is 0 Å². The van der Waals surface area contributed by atoms with Crippen LogP contribution in [-0.2, 0) is 32.0 Å². The second kappa shape index (κ2) is 22.2. The fourth-order valence-electron chi connectivity index (χ4n) is 5.90. The molecular formula is C44H36Cl6N8O6. The summed E-state index contributed by atoms with van der Waals surface area (Å²) in [4.78, 5) is 78.8. The zero-order valence-corrected chi connectivity index (χ0v) is 38.7. The minimum atomic E-state index is -1.61. The molecule has 20 heteroatoms. The maximum Gasteiger partial charge on any atom is 0.258 e. The number of nitrogens with one attached hydrogen (secondary N) is 4. The molecule has 330 valence electrons. The van der Waals surface area contributed by atoms with Crippen molar-refractivity contribution in [2.45, 2.75) is 52.6 Å². The van der Waals surface area contributed by atoms with Crippen molar-refractivity contribution in [3.63, 3.8) is 0 Å². The molecule has 2 unspecified atom stereocenters. The van der Waals surface area contributed by atoms with E-state index in [0.717, 1.165) is 0 Å². The van der Waals surface area contributed by atoms with Gasteiger partial charge in [-0.3, -0.25) is 28.8 Å². The van der Waals surface area contributed by atoms with Crippen molar-refractivity contribution >= 4 is 139 Å². The number of nitrogens with zero attached hydrogens (tertiary/aromatic N) is 4. The lowest BCUT2D eigenvalue weighted by Crippen LogP contribution is -2.33. The van der Waals surface area contributed by atoms with Crippen LogP contribution in [0.25, 0.3) is 0 Å². The van der Waals surface area contributed by atoms with Crippen LogP contribution in [-0.4, -0.2) is 47.3 Å². The van der Waals surface area contributed by atoms with Crippen LogP contribution in [0, 0.1) is 0 Å². The third-order valence-corrected chi connectivity index (χ3v) is 11.2. The lowest BCUT2D eigenvalue weighted by molar-refractivity contribution is -0.127. The molecule has 14 nitrogen and oxygen atoms in total. The first-order chi connectivity index (χ1) is 30.4. The zero-order valence-electron chi connectivity index (χ0n) is 34.2. The third-order valence-electron chi connectivity index (χ3n) is 9.23. The second-order valence-electron chi connectivity index (χ2n) is 13.7. The number of amides is 4. The highest BCUT2D eigenvalue weighted by Crippen LogP contribution is 2.34. The molecule has 0 radical (unpaired) electrons. The molecule has 4 amide bonds. The van der Waals surface area contributed by atoms with E-state index >= 15 is 0 Å². The van der Waals surface area contributed by atoms with Gasteiger partial charge in [-0.2, -0.15) is 20.5 Å². The van der Waals surface area contributed by atoms with E-state index in [2.05, 4.69) is 41.7 Å². The summed E-state index contributed by atoms with van der Waals surface area (Å²) < 4.78 is 0. The number of hydrogen-bond acceptors (Lipinski definition) is 10. The molecule has 0 spiro atoms. The summed E-state index contributed by atoms with van der Waals surface area (Å²) in [7, 11) is 0. The number of hydrogen-bond donors (Lipinski definition) is 4. The van der Waals surface area contributed by atoms with Crippen molar-refractivity contribution in [1.29, 1.82) is 0 Å². The fraction of sp³-hybridized carbons (Fsp3) is 0.182. The Morgan fingerprint density at radius 2 is 0.875 bits per heavy atom. The van der Waals surface area contributed by atoms with Crippen LogP contribution in [0.5, 0.6) is 0 Å². The first-order valence-electron chi connectivity index (χ1n) is 19.1. The van der Waals surface area contributed by atoms with Crippen LogP contribution in [0.4, 0.5) is 34.1 Å². The summed E-state index contributed by atoms with van der Waals surface area (Å²) in [5.41, 5.74) is 2.34. The van der Waals surface area contributed by atoms with Gasteiger partial charge < -0.3 is 21.3 Å². The molecule has 0 aliphatic heterocycles. The van der Waals surface area contributed by atoms with Gasteiger partial charge in [0, 0.05) is 21.4 Å². The molecule has 5 aromatic rings. The van der Waals surface area contributed by atoms with E-state index in [1.54, 1.807) is 24.3 Å². The number of azo groups is 2. The van der Waals surface area contributed by atoms with Crippen LogP contribution in [0.2, 0.25) is 30.1 Å². The maximum absolute atomic E-state index is 13.6. The van der Waals surface area contributed by atoms with Crippen molar-refractivity contribution in [2.24, 2.45) is 20.5 Å². The van der Waals surface area contributed by atoms with E-state index in [0.29, 0.717) is 45.4 Å². The van der Waals surface area contributed by atoms with Crippen LogP contribution in [0.15, 0.2) is 105 Å². The summed E-state index contributed by atoms with van der Waals surface area (Å²) in [5.74, 6) is -4.14. The molecule has 0 aromatic heterocycles. The summed E-state index contributed by atoms with van der Waals surface area (Å²) in [5, 5.41) is 27.8. The molecule has 0 aliphatic carbocycles. The predicted molar refractivity (Wildman–Crippen MR) is 252 cm³/mol. The molecule has 0 heterocycles. The summed E-state index contributed by atoms with van der Waals surface area (Å²) in [6.07, 6.45) is 0.725. The van der Waals surface area contributed by atoms with Gasteiger partial charge in [0.15, 0.2) is 11.6 Å². The fourth-order valence-corrected chi connectivity index (χ4v) is 7.07. The van der Waals surface area contributed by atoms with Crippen LogP contribution in [0.1, 0.15) is 59.5 Å². The minimum Gasteiger partial charge on any atom is -0.323 e. The number of ketones is 2. The van der Waals surface area contributed by atoms with Crippen molar-refractivity contribution in [3.8, 4) is 0 Å². The number of Topliss-reactive ketones (excluding diaryl/α,β-unsaturated/α-hetero) is 2. The molecular weight excluding hydrogens is 949 g/mol. The zero-order chi connectivity index (χ0) is 46.8. The molecule has 2 atom stereocenters. The van der Waals surface area contributed by atoms with Gasteiger partial charge in [0.2, 0.25) is 12.1 Å². The number of carbonyl (C=O) groups is 6.